The summed E-state index contributed by atoms with van der Waals surface area (Å²) in [5.41, 5.74) is 1.68. The van der Waals surface area contributed by atoms with Crippen molar-refractivity contribution < 1.29 is 22.7 Å². The normalized spacial score (nSPS) is 15.7. The lowest BCUT2D eigenvalue weighted by molar-refractivity contribution is -0.121. The third-order valence-electron chi connectivity index (χ3n) is 5.82. The largest absolute Gasteiger partial charge is 0.497 e. The minimum atomic E-state index is -3.54. The van der Waals surface area contributed by atoms with E-state index in [1.807, 2.05) is 31.2 Å². The molecule has 174 valence electrons. The summed E-state index contributed by atoms with van der Waals surface area (Å²) in [4.78, 5) is 12.8. The van der Waals surface area contributed by atoms with Gasteiger partial charge in [0, 0.05) is 19.5 Å². The first-order chi connectivity index (χ1) is 15.3. The van der Waals surface area contributed by atoms with Crippen molar-refractivity contribution in [3.63, 3.8) is 0 Å². The zero-order chi connectivity index (χ0) is 23.1. The van der Waals surface area contributed by atoms with Crippen molar-refractivity contribution in [1.82, 2.24) is 9.62 Å². The number of nitrogens with zero attached hydrogens (tertiary/aromatic N) is 1. The maximum atomic E-state index is 13.0. The number of amides is 1. The number of aryl methyl sites for hydroxylation is 1. The van der Waals surface area contributed by atoms with Crippen LogP contribution in [0.4, 0.5) is 0 Å². The van der Waals surface area contributed by atoms with E-state index in [-0.39, 0.29) is 23.3 Å². The van der Waals surface area contributed by atoms with Crippen LogP contribution in [-0.2, 0) is 21.2 Å². The standard InChI is InChI=1S/C24H32N2O5S/c1-18(19-7-10-21(30-2)11-8-19)25-24(27)14-9-20-17-22(12-13-23(20)31-3)32(28,29)26-15-5-4-6-16-26/h7-8,10-13,17-18H,4-6,9,14-16H2,1-3H3,(H,25,27)/t18-/m0/s1. The number of nitrogens with one attached hydrogen (secondary N) is 1. The average Bonchev–Trinajstić information content (AvgIpc) is 2.83. The molecule has 7 nitrogen and oxygen atoms in total. The summed E-state index contributed by atoms with van der Waals surface area (Å²) in [5.74, 6) is 1.23. The van der Waals surface area contributed by atoms with Crippen LogP contribution in [0.1, 0.15) is 49.8 Å². The van der Waals surface area contributed by atoms with Gasteiger partial charge < -0.3 is 14.8 Å². The van der Waals surface area contributed by atoms with Crippen molar-refractivity contribution in [3.05, 3.63) is 53.6 Å². The van der Waals surface area contributed by atoms with Crippen LogP contribution in [0.15, 0.2) is 47.4 Å². The second-order valence-corrected chi connectivity index (χ2v) is 9.94. The van der Waals surface area contributed by atoms with Gasteiger partial charge in [-0.2, -0.15) is 4.31 Å². The second-order valence-electron chi connectivity index (χ2n) is 8.00. The molecule has 0 spiro atoms. The van der Waals surface area contributed by atoms with E-state index in [1.54, 1.807) is 36.7 Å². The third-order valence-corrected chi connectivity index (χ3v) is 7.71. The lowest BCUT2D eigenvalue weighted by Gasteiger charge is -2.26. The molecule has 0 unspecified atom stereocenters. The Hall–Kier alpha value is -2.58. The number of sulfonamides is 1. The smallest absolute Gasteiger partial charge is 0.243 e. The number of carbonyl (C=O) groups excluding carboxylic acids is 1. The van der Waals surface area contributed by atoms with Crippen molar-refractivity contribution in [3.8, 4) is 11.5 Å². The van der Waals surface area contributed by atoms with Crippen LogP contribution >= 0.6 is 0 Å². The van der Waals surface area contributed by atoms with Gasteiger partial charge >= 0.3 is 0 Å². The highest BCUT2D eigenvalue weighted by molar-refractivity contribution is 7.89. The molecule has 1 aliphatic heterocycles. The molecule has 1 amide bonds. The Kier molecular flexibility index (Phi) is 8.15. The minimum Gasteiger partial charge on any atom is -0.497 e. The molecule has 8 heteroatoms. The number of ether oxygens (including phenoxy) is 2. The number of rotatable bonds is 9. The van der Waals surface area contributed by atoms with Crippen LogP contribution in [0.2, 0.25) is 0 Å². The van der Waals surface area contributed by atoms with E-state index in [2.05, 4.69) is 5.32 Å². The van der Waals surface area contributed by atoms with Crippen molar-refractivity contribution in [2.45, 2.75) is 50.0 Å². The Morgan fingerprint density at radius 3 is 2.34 bits per heavy atom. The summed E-state index contributed by atoms with van der Waals surface area (Å²) in [6.45, 7) is 3.02. The predicted octanol–water partition coefficient (Wildman–Crippen LogP) is 3.69. The van der Waals surface area contributed by atoms with E-state index in [9.17, 15) is 13.2 Å². The molecular formula is C24H32N2O5S. The molecule has 1 fully saturated rings. The highest BCUT2D eigenvalue weighted by Crippen LogP contribution is 2.27. The first kappa shape index (κ1) is 24.1. The van der Waals surface area contributed by atoms with Gasteiger partial charge in [-0.1, -0.05) is 18.6 Å². The zero-order valence-electron chi connectivity index (χ0n) is 19.0. The Balaban J connectivity index is 1.66. The second kappa shape index (κ2) is 10.8. The SMILES string of the molecule is COc1ccc([C@H](C)NC(=O)CCc2cc(S(=O)(=O)N3CCCCC3)ccc2OC)cc1. The summed E-state index contributed by atoms with van der Waals surface area (Å²) in [7, 11) is -0.384. The average molecular weight is 461 g/mol. The topological polar surface area (TPSA) is 84.9 Å². The van der Waals surface area contributed by atoms with Gasteiger partial charge in [0.2, 0.25) is 15.9 Å². The number of methoxy groups -OCH3 is 2. The molecule has 0 bridgehead atoms. The van der Waals surface area contributed by atoms with Gasteiger partial charge in [0.15, 0.2) is 0 Å². The number of hydrogen-bond donors (Lipinski definition) is 1. The molecule has 0 radical (unpaired) electrons. The van der Waals surface area contributed by atoms with E-state index in [1.165, 1.54) is 0 Å². The molecule has 1 atom stereocenters. The summed E-state index contributed by atoms with van der Waals surface area (Å²) in [5, 5.41) is 2.99. The summed E-state index contributed by atoms with van der Waals surface area (Å²) >= 11 is 0. The molecule has 32 heavy (non-hydrogen) atoms. The molecule has 2 aromatic carbocycles. The van der Waals surface area contributed by atoms with Crippen molar-refractivity contribution in [2.24, 2.45) is 0 Å². The monoisotopic (exact) mass is 460 g/mol. The highest BCUT2D eigenvalue weighted by atomic mass is 32.2. The number of carbonyl (C=O) groups is 1. The number of hydrogen-bond acceptors (Lipinski definition) is 5. The van der Waals surface area contributed by atoms with Crippen LogP contribution in [0, 0.1) is 0 Å². The molecule has 1 aliphatic rings. The molecule has 2 aromatic rings. The van der Waals surface area contributed by atoms with Crippen molar-refractivity contribution in [1.29, 1.82) is 0 Å². The van der Waals surface area contributed by atoms with Crippen LogP contribution in [0.3, 0.4) is 0 Å². The van der Waals surface area contributed by atoms with Crippen LogP contribution < -0.4 is 14.8 Å². The van der Waals surface area contributed by atoms with E-state index in [0.29, 0.717) is 30.8 Å². The first-order valence-electron chi connectivity index (χ1n) is 11.0. The van der Waals surface area contributed by atoms with E-state index >= 15 is 0 Å². The minimum absolute atomic E-state index is 0.111. The molecule has 0 saturated carbocycles. The van der Waals surface area contributed by atoms with Gasteiger partial charge in [-0.05, 0) is 67.6 Å². The number of benzene rings is 2. The Bertz CT molecular complexity index is 1020. The van der Waals surface area contributed by atoms with Gasteiger partial charge in [-0.3, -0.25) is 4.79 Å². The lowest BCUT2D eigenvalue weighted by Crippen LogP contribution is -2.35. The highest BCUT2D eigenvalue weighted by Gasteiger charge is 2.26. The van der Waals surface area contributed by atoms with Gasteiger partial charge in [-0.25, -0.2) is 8.42 Å². The predicted molar refractivity (Wildman–Crippen MR) is 123 cm³/mol. The van der Waals surface area contributed by atoms with E-state index in [0.717, 1.165) is 30.6 Å². The lowest BCUT2D eigenvalue weighted by atomic mass is 10.1. The maximum Gasteiger partial charge on any atom is 0.243 e. The van der Waals surface area contributed by atoms with Gasteiger partial charge in [0.05, 0.1) is 25.2 Å². The molecule has 1 N–H and O–H groups in total. The Morgan fingerprint density at radius 2 is 1.72 bits per heavy atom. The fraction of sp³-hybridized carbons (Fsp3) is 0.458. The Labute approximate surface area is 190 Å². The van der Waals surface area contributed by atoms with Crippen LogP contribution in [0.5, 0.6) is 11.5 Å². The van der Waals surface area contributed by atoms with E-state index < -0.39 is 10.0 Å². The zero-order valence-corrected chi connectivity index (χ0v) is 19.8. The van der Waals surface area contributed by atoms with Gasteiger partial charge in [-0.15, -0.1) is 0 Å². The summed E-state index contributed by atoms with van der Waals surface area (Å²) in [6.07, 6.45) is 3.44. The van der Waals surface area contributed by atoms with Crippen LogP contribution in [-0.4, -0.2) is 45.9 Å². The molecular weight excluding hydrogens is 428 g/mol. The van der Waals surface area contributed by atoms with E-state index in [4.69, 9.17) is 9.47 Å². The third kappa shape index (κ3) is 5.81. The fourth-order valence-corrected chi connectivity index (χ4v) is 5.47. The first-order valence-corrected chi connectivity index (χ1v) is 12.4. The summed E-state index contributed by atoms with van der Waals surface area (Å²) in [6, 6.07) is 12.3. The fourth-order valence-electron chi connectivity index (χ4n) is 3.90. The summed E-state index contributed by atoms with van der Waals surface area (Å²) < 4.78 is 38.2. The van der Waals surface area contributed by atoms with Crippen molar-refractivity contribution >= 4 is 15.9 Å². The number of piperidine rings is 1. The molecule has 1 saturated heterocycles. The maximum absolute atomic E-state index is 13.0. The van der Waals surface area contributed by atoms with Crippen LogP contribution in [0.25, 0.3) is 0 Å². The van der Waals surface area contributed by atoms with Gasteiger partial charge in [0.25, 0.3) is 0 Å². The molecule has 0 aliphatic carbocycles. The van der Waals surface area contributed by atoms with Gasteiger partial charge in [0.1, 0.15) is 11.5 Å². The quantitative estimate of drug-likeness (QED) is 0.617. The Morgan fingerprint density at radius 1 is 1.03 bits per heavy atom. The van der Waals surface area contributed by atoms with Crippen molar-refractivity contribution in [2.75, 3.05) is 27.3 Å². The molecule has 3 rings (SSSR count). The molecule has 1 heterocycles. The molecule has 0 aromatic heterocycles.